The van der Waals surface area contributed by atoms with Gasteiger partial charge < -0.3 is 20.1 Å². The predicted molar refractivity (Wildman–Crippen MR) is 79.4 cm³/mol. The highest BCUT2D eigenvalue weighted by Crippen LogP contribution is 2.33. The topological polar surface area (TPSA) is 68.3 Å². The lowest BCUT2D eigenvalue weighted by molar-refractivity contribution is 0.171. The average Bonchev–Trinajstić information content (AvgIpc) is 3.31. The second kappa shape index (κ2) is 5.12. The SMILES string of the molecule is c1cc(NC2CC2)nc(Nc2ccc3c(c2)OCCO3)n1. The van der Waals surface area contributed by atoms with E-state index < -0.39 is 0 Å². The largest absolute Gasteiger partial charge is 0.486 e. The van der Waals surface area contributed by atoms with Crippen molar-refractivity contribution in [3.63, 3.8) is 0 Å². The molecule has 6 nitrogen and oxygen atoms in total. The van der Waals surface area contributed by atoms with E-state index in [0.717, 1.165) is 23.0 Å². The van der Waals surface area contributed by atoms with Gasteiger partial charge in [0.1, 0.15) is 19.0 Å². The fourth-order valence-corrected chi connectivity index (χ4v) is 2.19. The van der Waals surface area contributed by atoms with Gasteiger partial charge in [0, 0.05) is 24.0 Å². The van der Waals surface area contributed by atoms with E-state index in [-0.39, 0.29) is 0 Å². The van der Waals surface area contributed by atoms with Crippen LogP contribution < -0.4 is 20.1 Å². The van der Waals surface area contributed by atoms with E-state index in [9.17, 15) is 0 Å². The van der Waals surface area contributed by atoms with Crippen molar-refractivity contribution in [3.8, 4) is 11.5 Å². The molecule has 0 saturated heterocycles. The molecule has 2 heterocycles. The second-order valence-corrected chi connectivity index (χ2v) is 5.17. The molecule has 2 aromatic rings. The van der Waals surface area contributed by atoms with E-state index in [1.807, 2.05) is 24.3 Å². The molecule has 21 heavy (non-hydrogen) atoms. The molecule has 1 fully saturated rings. The van der Waals surface area contributed by atoms with E-state index in [1.54, 1.807) is 6.20 Å². The third-order valence-electron chi connectivity index (χ3n) is 3.38. The lowest BCUT2D eigenvalue weighted by Crippen LogP contribution is -2.15. The first-order valence-corrected chi connectivity index (χ1v) is 7.13. The Labute approximate surface area is 122 Å². The Morgan fingerprint density at radius 1 is 1.05 bits per heavy atom. The maximum absolute atomic E-state index is 5.57. The number of nitrogens with zero attached hydrogens (tertiary/aromatic N) is 2. The molecule has 0 atom stereocenters. The molecule has 4 rings (SSSR count). The van der Waals surface area contributed by atoms with Crippen molar-refractivity contribution < 1.29 is 9.47 Å². The van der Waals surface area contributed by atoms with Gasteiger partial charge in [-0.15, -0.1) is 0 Å². The smallest absolute Gasteiger partial charge is 0.229 e. The third kappa shape index (κ3) is 2.84. The van der Waals surface area contributed by atoms with Gasteiger partial charge in [0.25, 0.3) is 0 Å². The van der Waals surface area contributed by atoms with Gasteiger partial charge in [-0.1, -0.05) is 0 Å². The van der Waals surface area contributed by atoms with Gasteiger partial charge in [-0.2, -0.15) is 4.98 Å². The number of anilines is 3. The van der Waals surface area contributed by atoms with Gasteiger partial charge >= 0.3 is 0 Å². The lowest BCUT2D eigenvalue weighted by Gasteiger charge is -2.19. The number of ether oxygens (including phenoxy) is 2. The van der Waals surface area contributed by atoms with E-state index >= 15 is 0 Å². The van der Waals surface area contributed by atoms with Crippen LogP contribution in [0.5, 0.6) is 11.5 Å². The predicted octanol–water partition coefficient (Wildman–Crippen LogP) is 2.57. The number of hydrogen-bond acceptors (Lipinski definition) is 6. The summed E-state index contributed by atoms with van der Waals surface area (Å²) in [6.45, 7) is 1.17. The van der Waals surface area contributed by atoms with E-state index in [0.29, 0.717) is 25.2 Å². The standard InChI is InChI=1S/C15H16N4O2/c1-2-10(1)17-14-5-6-16-15(19-14)18-11-3-4-12-13(9-11)21-8-7-20-12/h3-6,9-10H,1-2,7-8H2,(H2,16,17,18,19). The minimum atomic E-state index is 0.567. The number of rotatable bonds is 4. The molecule has 1 aromatic carbocycles. The highest BCUT2D eigenvalue weighted by atomic mass is 16.6. The van der Waals surface area contributed by atoms with Crippen LogP contribution in [0.4, 0.5) is 17.5 Å². The van der Waals surface area contributed by atoms with Gasteiger partial charge in [0.05, 0.1) is 0 Å². The number of benzene rings is 1. The van der Waals surface area contributed by atoms with Crippen LogP contribution in [0.1, 0.15) is 12.8 Å². The molecule has 1 aliphatic carbocycles. The van der Waals surface area contributed by atoms with E-state index in [1.165, 1.54) is 12.8 Å². The molecule has 0 radical (unpaired) electrons. The first-order valence-electron chi connectivity index (χ1n) is 7.13. The molecule has 2 N–H and O–H groups in total. The van der Waals surface area contributed by atoms with Gasteiger partial charge in [-0.25, -0.2) is 4.98 Å². The van der Waals surface area contributed by atoms with Crippen molar-refractivity contribution in [2.45, 2.75) is 18.9 Å². The van der Waals surface area contributed by atoms with Crippen molar-refractivity contribution >= 4 is 17.5 Å². The first-order chi connectivity index (χ1) is 10.4. The summed E-state index contributed by atoms with van der Waals surface area (Å²) < 4.78 is 11.1. The fourth-order valence-electron chi connectivity index (χ4n) is 2.19. The summed E-state index contributed by atoms with van der Waals surface area (Å²) >= 11 is 0. The molecule has 1 saturated carbocycles. The van der Waals surface area contributed by atoms with Gasteiger partial charge in [-0.3, -0.25) is 0 Å². The highest BCUT2D eigenvalue weighted by Gasteiger charge is 2.21. The van der Waals surface area contributed by atoms with Crippen LogP contribution in [0, 0.1) is 0 Å². The Morgan fingerprint density at radius 3 is 2.76 bits per heavy atom. The monoisotopic (exact) mass is 284 g/mol. The normalized spacial score (nSPS) is 16.4. The number of aromatic nitrogens is 2. The zero-order valence-electron chi connectivity index (χ0n) is 11.5. The summed E-state index contributed by atoms with van der Waals surface area (Å²) in [5.41, 5.74) is 0.878. The molecule has 1 aliphatic heterocycles. The third-order valence-corrected chi connectivity index (χ3v) is 3.38. The summed E-state index contributed by atoms with van der Waals surface area (Å²) in [4.78, 5) is 8.70. The van der Waals surface area contributed by atoms with Crippen molar-refractivity contribution in [2.24, 2.45) is 0 Å². The summed E-state index contributed by atoms with van der Waals surface area (Å²) in [6, 6.07) is 8.18. The molecular weight excluding hydrogens is 268 g/mol. The van der Waals surface area contributed by atoms with Crippen molar-refractivity contribution in [2.75, 3.05) is 23.8 Å². The molecule has 0 bridgehead atoms. The molecule has 6 heteroatoms. The Morgan fingerprint density at radius 2 is 1.90 bits per heavy atom. The van der Waals surface area contributed by atoms with Crippen LogP contribution >= 0.6 is 0 Å². The van der Waals surface area contributed by atoms with Gasteiger partial charge in [0.15, 0.2) is 11.5 Å². The summed E-state index contributed by atoms with van der Waals surface area (Å²) in [5.74, 6) is 2.94. The van der Waals surface area contributed by atoms with Crippen LogP contribution in [0.2, 0.25) is 0 Å². The van der Waals surface area contributed by atoms with Crippen LogP contribution in [0.15, 0.2) is 30.5 Å². The van der Waals surface area contributed by atoms with E-state index in [2.05, 4.69) is 20.6 Å². The van der Waals surface area contributed by atoms with Crippen molar-refractivity contribution in [3.05, 3.63) is 30.5 Å². The number of fused-ring (bicyclic) bond motifs is 1. The maximum atomic E-state index is 5.57. The quantitative estimate of drug-likeness (QED) is 0.899. The Hall–Kier alpha value is -2.50. The Balaban J connectivity index is 1.52. The summed E-state index contributed by atoms with van der Waals surface area (Å²) in [6.07, 6.45) is 4.18. The zero-order chi connectivity index (χ0) is 14.1. The molecule has 0 amide bonds. The number of hydrogen-bond donors (Lipinski definition) is 2. The summed E-state index contributed by atoms with van der Waals surface area (Å²) in [5, 5.41) is 6.55. The average molecular weight is 284 g/mol. The Bertz CT molecular complexity index is 658. The molecular formula is C15H16N4O2. The first kappa shape index (κ1) is 12.3. The zero-order valence-corrected chi connectivity index (χ0v) is 11.5. The number of nitrogens with one attached hydrogen (secondary N) is 2. The highest BCUT2D eigenvalue weighted by molar-refractivity contribution is 5.60. The minimum Gasteiger partial charge on any atom is -0.486 e. The fraction of sp³-hybridized carbons (Fsp3) is 0.333. The molecule has 1 aromatic heterocycles. The molecule has 0 unspecified atom stereocenters. The maximum Gasteiger partial charge on any atom is 0.229 e. The van der Waals surface area contributed by atoms with Crippen molar-refractivity contribution in [1.82, 2.24) is 9.97 Å². The molecule has 0 spiro atoms. The second-order valence-electron chi connectivity index (χ2n) is 5.17. The van der Waals surface area contributed by atoms with Crippen molar-refractivity contribution in [1.29, 1.82) is 0 Å². The summed E-state index contributed by atoms with van der Waals surface area (Å²) in [7, 11) is 0. The van der Waals surface area contributed by atoms with Crippen LogP contribution in [0.25, 0.3) is 0 Å². The van der Waals surface area contributed by atoms with Gasteiger partial charge in [0.2, 0.25) is 5.95 Å². The molecule has 108 valence electrons. The lowest BCUT2D eigenvalue weighted by atomic mass is 10.2. The molecule has 2 aliphatic rings. The van der Waals surface area contributed by atoms with Crippen LogP contribution in [0.3, 0.4) is 0 Å². The minimum absolute atomic E-state index is 0.567. The Kier molecular flexibility index (Phi) is 2.99. The van der Waals surface area contributed by atoms with Gasteiger partial charge in [-0.05, 0) is 31.0 Å². The van der Waals surface area contributed by atoms with E-state index in [4.69, 9.17) is 9.47 Å². The van der Waals surface area contributed by atoms with Crippen LogP contribution in [-0.4, -0.2) is 29.2 Å². The van der Waals surface area contributed by atoms with Crippen LogP contribution in [-0.2, 0) is 0 Å².